The SMILES string of the molecule is CCCCCCCCCCC(CCCCCCC1CO1)C(OC)(OC)OC. The fraction of sp³-hybridized carbons (Fsp3) is 1.00. The van der Waals surface area contributed by atoms with Crippen molar-refractivity contribution in [1.82, 2.24) is 0 Å². The van der Waals surface area contributed by atoms with Crippen LogP contribution in [-0.4, -0.2) is 40.0 Å². The molecule has 0 amide bonds. The molecule has 27 heavy (non-hydrogen) atoms. The lowest BCUT2D eigenvalue weighted by molar-refractivity contribution is -0.380. The molecule has 1 rings (SSSR count). The molecule has 4 heteroatoms. The van der Waals surface area contributed by atoms with Crippen LogP contribution in [0.1, 0.15) is 103 Å². The van der Waals surface area contributed by atoms with Gasteiger partial charge in [0.15, 0.2) is 0 Å². The Bertz CT molecular complexity index is 318. The number of rotatable bonds is 20. The van der Waals surface area contributed by atoms with E-state index in [1.54, 1.807) is 21.3 Å². The molecule has 1 fully saturated rings. The molecular weight excluding hydrogens is 340 g/mol. The van der Waals surface area contributed by atoms with Crippen LogP contribution in [0.3, 0.4) is 0 Å². The van der Waals surface area contributed by atoms with Crippen LogP contribution < -0.4 is 0 Å². The van der Waals surface area contributed by atoms with Crippen molar-refractivity contribution < 1.29 is 18.9 Å². The van der Waals surface area contributed by atoms with Crippen LogP contribution in [0.15, 0.2) is 0 Å². The zero-order chi connectivity index (χ0) is 19.8. The van der Waals surface area contributed by atoms with Crippen molar-refractivity contribution in [2.24, 2.45) is 5.92 Å². The summed E-state index contributed by atoms with van der Waals surface area (Å²) in [7, 11) is 5.09. The predicted octanol–water partition coefficient (Wildman–Crippen LogP) is 6.47. The Morgan fingerprint density at radius 1 is 0.741 bits per heavy atom. The molecule has 2 atom stereocenters. The molecule has 1 aliphatic rings. The highest BCUT2D eigenvalue weighted by Gasteiger charge is 2.39. The number of methoxy groups -OCH3 is 3. The van der Waals surface area contributed by atoms with Gasteiger partial charge in [0.25, 0.3) is 5.97 Å². The lowest BCUT2D eigenvalue weighted by Crippen LogP contribution is -2.44. The Kier molecular flexibility index (Phi) is 14.5. The Morgan fingerprint density at radius 2 is 1.19 bits per heavy atom. The standard InChI is InChI=1S/C23H46O4/c1-5-6-7-8-9-10-11-14-17-21(23(24-2,25-3)26-4)18-15-12-13-16-19-22-20-27-22/h21-22H,5-20H2,1-4H3. The minimum absolute atomic E-state index is 0.296. The molecular formula is C23H46O4. The minimum atomic E-state index is -0.886. The zero-order valence-electron chi connectivity index (χ0n) is 18.6. The van der Waals surface area contributed by atoms with Crippen molar-refractivity contribution in [3.05, 3.63) is 0 Å². The lowest BCUT2D eigenvalue weighted by atomic mass is 9.91. The first kappa shape index (κ1) is 24.9. The molecule has 0 bridgehead atoms. The topological polar surface area (TPSA) is 40.2 Å². The van der Waals surface area contributed by atoms with Crippen molar-refractivity contribution in [3.8, 4) is 0 Å². The van der Waals surface area contributed by atoms with Crippen LogP contribution >= 0.6 is 0 Å². The fourth-order valence-corrected chi connectivity index (χ4v) is 4.12. The third-order valence-corrected chi connectivity index (χ3v) is 5.99. The second-order valence-corrected chi connectivity index (χ2v) is 8.12. The quantitative estimate of drug-likeness (QED) is 0.137. The maximum absolute atomic E-state index is 5.68. The normalized spacial score (nSPS) is 18.0. The van der Waals surface area contributed by atoms with Gasteiger partial charge in [0, 0.05) is 27.2 Å². The van der Waals surface area contributed by atoms with Crippen molar-refractivity contribution in [3.63, 3.8) is 0 Å². The largest absolute Gasteiger partial charge is 0.373 e. The smallest absolute Gasteiger partial charge is 0.285 e. The van der Waals surface area contributed by atoms with Gasteiger partial charge in [-0.05, 0) is 19.3 Å². The number of hydrogen-bond donors (Lipinski definition) is 0. The van der Waals surface area contributed by atoms with Gasteiger partial charge in [-0.25, -0.2) is 0 Å². The van der Waals surface area contributed by atoms with Crippen LogP contribution in [0, 0.1) is 5.92 Å². The van der Waals surface area contributed by atoms with Crippen molar-refractivity contribution in [1.29, 1.82) is 0 Å². The summed E-state index contributed by atoms with van der Waals surface area (Å²) >= 11 is 0. The highest BCUT2D eigenvalue weighted by Crippen LogP contribution is 2.33. The van der Waals surface area contributed by atoms with E-state index < -0.39 is 5.97 Å². The molecule has 0 aromatic carbocycles. The second kappa shape index (κ2) is 15.7. The van der Waals surface area contributed by atoms with E-state index >= 15 is 0 Å². The predicted molar refractivity (Wildman–Crippen MR) is 112 cm³/mol. The molecule has 0 N–H and O–H groups in total. The van der Waals surface area contributed by atoms with Gasteiger partial charge in [0.1, 0.15) is 0 Å². The van der Waals surface area contributed by atoms with Crippen molar-refractivity contribution in [2.75, 3.05) is 27.9 Å². The minimum Gasteiger partial charge on any atom is -0.373 e. The van der Waals surface area contributed by atoms with Crippen LogP contribution in [-0.2, 0) is 18.9 Å². The molecule has 162 valence electrons. The Hall–Kier alpha value is -0.160. The van der Waals surface area contributed by atoms with Crippen LogP contribution in [0.25, 0.3) is 0 Å². The van der Waals surface area contributed by atoms with E-state index in [4.69, 9.17) is 18.9 Å². The Labute approximate surface area is 168 Å². The van der Waals surface area contributed by atoms with E-state index in [2.05, 4.69) is 6.92 Å². The number of ether oxygens (including phenoxy) is 4. The second-order valence-electron chi connectivity index (χ2n) is 8.12. The molecule has 1 aliphatic heterocycles. The molecule has 0 aromatic heterocycles. The van der Waals surface area contributed by atoms with Crippen molar-refractivity contribution >= 4 is 0 Å². The average Bonchev–Trinajstić information content (AvgIpc) is 3.52. The number of hydrogen-bond acceptors (Lipinski definition) is 4. The van der Waals surface area contributed by atoms with Crippen LogP contribution in [0.2, 0.25) is 0 Å². The Balaban J connectivity index is 2.25. The van der Waals surface area contributed by atoms with Gasteiger partial charge in [-0.2, -0.15) is 0 Å². The summed E-state index contributed by atoms with van der Waals surface area (Å²) in [5.41, 5.74) is 0. The Morgan fingerprint density at radius 3 is 1.63 bits per heavy atom. The number of epoxide rings is 1. The number of unbranched alkanes of at least 4 members (excludes halogenated alkanes) is 10. The molecule has 0 spiro atoms. The van der Waals surface area contributed by atoms with E-state index in [-0.39, 0.29) is 0 Å². The summed E-state index contributed by atoms with van der Waals surface area (Å²) < 4.78 is 22.3. The van der Waals surface area contributed by atoms with E-state index in [1.165, 1.54) is 83.5 Å². The van der Waals surface area contributed by atoms with Gasteiger partial charge in [0.05, 0.1) is 12.7 Å². The third-order valence-electron chi connectivity index (χ3n) is 5.99. The van der Waals surface area contributed by atoms with Gasteiger partial charge < -0.3 is 18.9 Å². The lowest BCUT2D eigenvalue weighted by Gasteiger charge is -2.36. The monoisotopic (exact) mass is 386 g/mol. The van der Waals surface area contributed by atoms with Crippen LogP contribution in [0.5, 0.6) is 0 Å². The van der Waals surface area contributed by atoms with Crippen LogP contribution in [0.4, 0.5) is 0 Å². The van der Waals surface area contributed by atoms with E-state index in [0.29, 0.717) is 12.0 Å². The molecule has 2 unspecified atom stereocenters. The summed E-state index contributed by atoms with van der Waals surface area (Å²) in [4.78, 5) is 0. The molecule has 0 saturated carbocycles. The highest BCUT2D eigenvalue weighted by molar-refractivity contribution is 4.72. The molecule has 0 aromatic rings. The van der Waals surface area contributed by atoms with Gasteiger partial charge in [-0.15, -0.1) is 0 Å². The van der Waals surface area contributed by atoms with E-state index in [0.717, 1.165) is 19.4 Å². The maximum atomic E-state index is 5.68. The van der Waals surface area contributed by atoms with Gasteiger partial charge in [-0.1, -0.05) is 84.0 Å². The fourth-order valence-electron chi connectivity index (χ4n) is 4.12. The molecule has 0 aliphatic carbocycles. The summed E-state index contributed by atoms with van der Waals surface area (Å²) in [6.07, 6.45) is 19.8. The highest BCUT2D eigenvalue weighted by atomic mass is 16.9. The summed E-state index contributed by atoms with van der Waals surface area (Å²) in [5.74, 6) is -0.590. The first-order chi connectivity index (χ1) is 13.2. The van der Waals surface area contributed by atoms with E-state index in [9.17, 15) is 0 Å². The van der Waals surface area contributed by atoms with E-state index in [1.807, 2.05) is 0 Å². The molecule has 0 radical (unpaired) electrons. The molecule has 1 saturated heterocycles. The maximum Gasteiger partial charge on any atom is 0.285 e. The average molecular weight is 387 g/mol. The molecule has 4 nitrogen and oxygen atoms in total. The summed E-state index contributed by atoms with van der Waals surface area (Å²) in [6, 6.07) is 0. The van der Waals surface area contributed by atoms with Gasteiger partial charge >= 0.3 is 0 Å². The zero-order valence-corrected chi connectivity index (χ0v) is 18.6. The molecule has 1 heterocycles. The third kappa shape index (κ3) is 10.8. The summed E-state index contributed by atoms with van der Waals surface area (Å²) in [5, 5.41) is 0. The van der Waals surface area contributed by atoms with Gasteiger partial charge in [0.2, 0.25) is 0 Å². The first-order valence-corrected chi connectivity index (χ1v) is 11.5. The summed E-state index contributed by atoms with van der Waals surface area (Å²) in [6.45, 7) is 3.26. The van der Waals surface area contributed by atoms with Crippen molar-refractivity contribution in [2.45, 2.75) is 115 Å². The van der Waals surface area contributed by atoms with Gasteiger partial charge in [-0.3, -0.25) is 0 Å². The first-order valence-electron chi connectivity index (χ1n) is 11.5.